The molecule has 2 atom stereocenters. The number of piperidine rings is 2. The normalized spacial score (nSPS) is 26.1. The van der Waals surface area contributed by atoms with Gasteiger partial charge in [0.25, 0.3) is 0 Å². The molecule has 0 radical (unpaired) electrons. The first-order valence-electron chi connectivity index (χ1n) is 10.2. The first kappa shape index (κ1) is 16.8. The van der Waals surface area contributed by atoms with Gasteiger partial charge in [0.05, 0.1) is 0 Å². The van der Waals surface area contributed by atoms with Crippen molar-refractivity contribution in [3.63, 3.8) is 0 Å². The number of rotatable bonds is 3. The number of hydrogen-bond donors (Lipinski definition) is 2. The molecule has 27 heavy (non-hydrogen) atoms. The maximum absolute atomic E-state index is 12.5. The topological polar surface area (TPSA) is 50.4 Å². The number of carbonyl (C=O) groups excluding carboxylic acids is 1. The van der Waals surface area contributed by atoms with Crippen molar-refractivity contribution in [2.75, 3.05) is 6.61 Å². The molecule has 4 heteroatoms. The van der Waals surface area contributed by atoms with Gasteiger partial charge in [-0.05, 0) is 47.9 Å². The van der Waals surface area contributed by atoms with Crippen LogP contribution in [-0.4, -0.2) is 30.8 Å². The number of carbonyl (C=O) groups is 1. The Morgan fingerprint density at radius 1 is 0.963 bits per heavy atom. The average Bonchev–Trinajstić information content (AvgIpc) is 3.00. The Bertz CT molecular complexity index is 792. The third-order valence-electron chi connectivity index (χ3n) is 6.38. The standard InChI is InChI=1S/C23H26N2O2/c26-23(25-17-12-15-6-5-7-16(13-17)24-15)27-14-22-20-10-3-1-8-18(20)19-9-2-4-11-21(19)22/h1-4,8-11,15-17,22,24H,5-7,12-14H2,(H,25,26). The van der Waals surface area contributed by atoms with Gasteiger partial charge in [-0.2, -0.15) is 0 Å². The highest BCUT2D eigenvalue weighted by atomic mass is 16.5. The summed E-state index contributed by atoms with van der Waals surface area (Å²) >= 11 is 0. The van der Waals surface area contributed by atoms with Crippen LogP contribution in [0, 0.1) is 0 Å². The number of ether oxygens (including phenoxy) is 1. The fourth-order valence-corrected chi connectivity index (χ4v) is 5.19. The van der Waals surface area contributed by atoms with Gasteiger partial charge in [-0.15, -0.1) is 0 Å². The summed E-state index contributed by atoms with van der Waals surface area (Å²) in [7, 11) is 0. The smallest absolute Gasteiger partial charge is 0.407 e. The summed E-state index contributed by atoms with van der Waals surface area (Å²) in [5.74, 6) is 0.121. The molecular weight excluding hydrogens is 336 g/mol. The van der Waals surface area contributed by atoms with E-state index in [4.69, 9.17) is 4.74 Å². The highest BCUT2D eigenvalue weighted by Gasteiger charge is 2.33. The van der Waals surface area contributed by atoms with Gasteiger partial charge in [-0.25, -0.2) is 4.79 Å². The third-order valence-corrected chi connectivity index (χ3v) is 6.38. The summed E-state index contributed by atoms with van der Waals surface area (Å²) in [6, 6.07) is 18.2. The zero-order chi connectivity index (χ0) is 18.2. The van der Waals surface area contributed by atoms with Crippen molar-refractivity contribution in [1.82, 2.24) is 10.6 Å². The molecule has 2 unspecified atom stereocenters. The van der Waals surface area contributed by atoms with E-state index in [0.717, 1.165) is 12.8 Å². The minimum atomic E-state index is -0.276. The van der Waals surface area contributed by atoms with E-state index >= 15 is 0 Å². The highest BCUT2D eigenvalue weighted by molar-refractivity contribution is 5.79. The molecule has 5 rings (SSSR count). The van der Waals surface area contributed by atoms with Crippen molar-refractivity contribution >= 4 is 6.09 Å². The Morgan fingerprint density at radius 3 is 2.19 bits per heavy atom. The van der Waals surface area contributed by atoms with E-state index in [0.29, 0.717) is 18.7 Å². The van der Waals surface area contributed by atoms with E-state index in [1.165, 1.54) is 41.5 Å². The lowest BCUT2D eigenvalue weighted by Crippen LogP contribution is -2.54. The van der Waals surface area contributed by atoms with Crippen molar-refractivity contribution in [2.45, 2.75) is 56.1 Å². The molecule has 140 valence electrons. The maximum Gasteiger partial charge on any atom is 0.407 e. The molecule has 2 aromatic rings. The van der Waals surface area contributed by atoms with Crippen molar-refractivity contribution in [2.24, 2.45) is 0 Å². The predicted molar refractivity (Wildman–Crippen MR) is 106 cm³/mol. The molecule has 2 bridgehead atoms. The van der Waals surface area contributed by atoms with Crippen molar-refractivity contribution in [1.29, 1.82) is 0 Å². The molecule has 2 heterocycles. The fraction of sp³-hybridized carbons (Fsp3) is 0.435. The first-order chi connectivity index (χ1) is 13.3. The summed E-state index contributed by atoms with van der Waals surface area (Å²) in [4.78, 5) is 12.5. The molecule has 0 spiro atoms. The molecule has 0 saturated carbocycles. The van der Waals surface area contributed by atoms with Crippen LogP contribution in [0.4, 0.5) is 4.79 Å². The molecule has 2 fully saturated rings. The van der Waals surface area contributed by atoms with Crippen molar-refractivity contribution < 1.29 is 9.53 Å². The SMILES string of the molecule is O=C(NC1CC2CCCC(C1)N2)OCC1c2ccccc2-c2ccccc21. The highest BCUT2D eigenvalue weighted by Crippen LogP contribution is 2.44. The number of hydrogen-bond acceptors (Lipinski definition) is 3. The van der Waals surface area contributed by atoms with E-state index < -0.39 is 0 Å². The Labute approximate surface area is 160 Å². The minimum absolute atomic E-state index is 0.121. The van der Waals surface area contributed by atoms with Crippen LogP contribution >= 0.6 is 0 Å². The largest absolute Gasteiger partial charge is 0.449 e. The molecule has 2 aliphatic heterocycles. The maximum atomic E-state index is 12.5. The van der Waals surface area contributed by atoms with Crippen LogP contribution in [0.3, 0.4) is 0 Å². The zero-order valence-corrected chi connectivity index (χ0v) is 15.5. The molecule has 1 amide bonds. The van der Waals surface area contributed by atoms with E-state index in [1.54, 1.807) is 0 Å². The first-order valence-corrected chi connectivity index (χ1v) is 10.2. The summed E-state index contributed by atoms with van der Waals surface area (Å²) in [5, 5.41) is 6.78. The second-order valence-electron chi connectivity index (χ2n) is 8.13. The van der Waals surface area contributed by atoms with E-state index in [9.17, 15) is 4.79 Å². The Hall–Kier alpha value is -2.33. The number of fused-ring (bicyclic) bond motifs is 5. The van der Waals surface area contributed by atoms with Gasteiger partial charge < -0.3 is 15.4 Å². The molecule has 2 aromatic carbocycles. The van der Waals surface area contributed by atoms with E-state index in [-0.39, 0.29) is 18.1 Å². The molecule has 2 N–H and O–H groups in total. The average molecular weight is 362 g/mol. The summed E-state index contributed by atoms with van der Waals surface area (Å²) in [5.41, 5.74) is 5.02. The number of nitrogens with one attached hydrogen (secondary N) is 2. The number of amides is 1. The second-order valence-corrected chi connectivity index (χ2v) is 8.13. The van der Waals surface area contributed by atoms with Gasteiger partial charge in [0.2, 0.25) is 0 Å². The second kappa shape index (κ2) is 7.01. The monoisotopic (exact) mass is 362 g/mol. The van der Waals surface area contributed by atoms with Gasteiger partial charge >= 0.3 is 6.09 Å². The zero-order valence-electron chi connectivity index (χ0n) is 15.5. The number of benzene rings is 2. The molecule has 2 saturated heterocycles. The van der Waals surface area contributed by atoms with Crippen molar-refractivity contribution in [3.8, 4) is 11.1 Å². The summed E-state index contributed by atoms with van der Waals surface area (Å²) in [6.07, 6.45) is 5.50. The van der Waals surface area contributed by atoms with Crippen molar-refractivity contribution in [3.05, 3.63) is 59.7 Å². The van der Waals surface area contributed by atoms with Gasteiger partial charge in [0.1, 0.15) is 6.61 Å². The third kappa shape index (κ3) is 3.23. The Balaban J connectivity index is 1.24. The van der Waals surface area contributed by atoms with Crippen LogP contribution in [0.2, 0.25) is 0 Å². The quantitative estimate of drug-likeness (QED) is 0.860. The molecular formula is C23H26N2O2. The van der Waals surface area contributed by atoms with Gasteiger partial charge in [0, 0.05) is 24.0 Å². The van der Waals surface area contributed by atoms with Gasteiger partial charge in [-0.3, -0.25) is 0 Å². The predicted octanol–water partition coefficient (Wildman–Crippen LogP) is 4.20. The Morgan fingerprint density at radius 2 is 1.56 bits per heavy atom. The molecule has 1 aliphatic carbocycles. The van der Waals surface area contributed by atoms with E-state index in [1.807, 2.05) is 0 Å². The minimum Gasteiger partial charge on any atom is -0.449 e. The van der Waals surface area contributed by atoms with Crippen LogP contribution < -0.4 is 10.6 Å². The molecule has 4 nitrogen and oxygen atoms in total. The summed E-state index contributed by atoms with van der Waals surface area (Å²) < 4.78 is 5.69. The van der Waals surface area contributed by atoms with Gasteiger partial charge in [-0.1, -0.05) is 55.0 Å². The van der Waals surface area contributed by atoms with Crippen LogP contribution in [0.15, 0.2) is 48.5 Å². The summed E-state index contributed by atoms with van der Waals surface area (Å²) in [6.45, 7) is 0.387. The lowest BCUT2D eigenvalue weighted by atomic mass is 9.84. The van der Waals surface area contributed by atoms with Crippen LogP contribution in [0.25, 0.3) is 11.1 Å². The lowest BCUT2D eigenvalue weighted by Gasteiger charge is -2.40. The van der Waals surface area contributed by atoms with E-state index in [2.05, 4.69) is 59.2 Å². The molecule has 3 aliphatic rings. The van der Waals surface area contributed by atoms with Crippen LogP contribution in [-0.2, 0) is 4.74 Å². The number of alkyl carbamates (subject to hydrolysis) is 1. The van der Waals surface area contributed by atoms with Crippen LogP contribution in [0.1, 0.15) is 49.1 Å². The molecule has 0 aromatic heterocycles. The fourth-order valence-electron chi connectivity index (χ4n) is 5.19. The lowest BCUT2D eigenvalue weighted by molar-refractivity contribution is 0.128. The van der Waals surface area contributed by atoms with Crippen LogP contribution in [0.5, 0.6) is 0 Å². The Kier molecular flexibility index (Phi) is 4.36. The van der Waals surface area contributed by atoms with Gasteiger partial charge in [0.15, 0.2) is 0 Å².